The van der Waals surface area contributed by atoms with Crippen molar-refractivity contribution >= 4 is 26.7 Å². The maximum Gasteiger partial charge on any atom is 0.251 e. The van der Waals surface area contributed by atoms with Gasteiger partial charge in [-0.15, -0.1) is 0 Å². The molecule has 1 fully saturated rings. The van der Waals surface area contributed by atoms with Gasteiger partial charge in [0.25, 0.3) is 5.91 Å². The number of fused-ring (bicyclic) bond motifs is 1. The van der Waals surface area contributed by atoms with Gasteiger partial charge in [0.1, 0.15) is 11.3 Å². The third-order valence-electron chi connectivity index (χ3n) is 3.66. The predicted octanol–water partition coefficient (Wildman–Crippen LogP) is 1.75. The van der Waals surface area contributed by atoms with E-state index in [1.165, 1.54) is 0 Å². The first-order valence-corrected chi connectivity index (χ1v) is 8.96. The summed E-state index contributed by atoms with van der Waals surface area (Å²) in [5, 5.41) is 3.57. The van der Waals surface area contributed by atoms with Gasteiger partial charge in [-0.2, -0.15) is 0 Å². The lowest BCUT2D eigenvalue weighted by molar-refractivity contribution is 0.0940. The Bertz CT molecular complexity index is 808. The highest BCUT2D eigenvalue weighted by molar-refractivity contribution is 7.91. The molecule has 22 heavy (non-hydrogen) atoms. The van der Waals surface area contributed by atoms with Gasteiger partial charge in [0.05, 0.1) is 29.8 Å². The molecule has 118 valence electrons. The Kier molecular flexibility index (Phi) is 3.82. The van der Waals surface area contributed by atoms with E-state index in [0.29, 0.717) is 29.9 Å². The van der Waals surface area contributed by atoms with Gasteiger partial charge in [0.2, 0.25) is 0 Å². The summed E-state index contributed by atoms with van der Waals surface area (Å²) in [6.45, 7) is 2.34. The Hall–Kier alpha value is -2.02. The van der Waals surface area contributed by atoms with Crippen LogP contribution in [0.2, 0.25) is 0 Å². The largest absolute Gasteiger partial charge is 0.493 e. The first-order chi connectivity index (χ1) is 10.5. The highest BCUT2D eigenvalue weighted by Gasteiger charge is 2.29. The lowest BCUT2D eigenvalue weighted by Crippen LogP contribution is -2.35. The summed E-state index contributed by atoms with van der Waals surface area (Å²) in [6, 6.07) is 4.74. The zero-order chi connectivity index (χ0) is 15.7. The zero-order valence-electron chi connectivity index (χ0n) is 12.2. The quantitative estimate of drug-likeness (QED) is 0.926. The van der Waals surface area contributed by atoms with Crippen LogP contribution in [0, 0.1) is 0 Å². The van der Waals surface area contributed by atoms with Gasteiger partial charge in [-0.3, -0.25) is 4.79 Å². The minimum Gasteiger partial charge on any atom is -0.493 e. The molecule has 1 atom stereocenters. The van der Waals surface area contributed by atoms with Crippen LogP contribution in [0.15, 0.2) is 28.9 Å². The van der Waals surface area contributed by atoms with E-state index in [4.69, 9.17) is 9.15 Å². The topological polar surface area (TPSA) is 85.6 Å². The lowest BCUT2D eigenvalue weighted by atomic mass is 10.1. The van der Waals surface area contributed by atoms with Crippen molar-refractivity contribution in [1.82, 2.24) is 5.32 Å². The third-order valence-corrected chi connectivity index (χ3v) is 5.43. The molecule has 1 amide bonds. The number of nitrogens with one attached hydrogen (secondary N) is 1. The Morgan fingerprint density at radius 2 is 2.27 bits per heavy atom. The van der Waals surface area contributed by atoms with E-state index < -0.39 is 9.84 Å². The summed E-state index contributed by atoms with van der Waals surface area (Å²) in [7, 11) is -3.02. The van der Waals surface area contributed by atoms with Gasteiger partial charge < -0.3 is 14.5 Å². The summed E-state index contributed by atoms with van der Waals surface area (Å²) in [6.07, 6.45) is 1.99. The highest BCUT2D eigenvalue weighted by Crippen LogP contribution is 2.29. The molecule has 0 bridgehead atoms. The van der Waals surface area contributed by atoms with Crippen LogP contribution < -0.4 is 10.1 Å². The van der Waals surface area contributed by atoms with Gasteiger partial charge in [-0.1, -0.05) is 0 Å². The number of carbonyl (C=O) groups is 1. The minimum atomic E-state index is -3.02. The number of hydrogen-bond donors (Lipinski definition) is 1. The summed E-state index contributed by atoms with van der Waals surface area (Å²) in [5.41, 5.74) is 0.963. The molecule has 1 saturated heterocycles. The molecule has 0 radical (unpaired) electrons. The van der Waals surface area contributed by atoms with E-state index in [9.17, 15) is 13.2 Å². The number of hydrogen-bond acceptors (Lipinski definition) is 5. The molecular weight excluding hydrogens is 306 g/mol. The minimum absolute atomic E-state index is 0.0000530. The van der Waals surface area contributed by atoms with Gasteiger partial charge in [0, 0.05) is 11.6 Å². The number of carbonyl (C=O) groups excluding carboxylic acids is 1. The molecule has 1 aliphatic rings. The Labute approximate surface area is 128 Å². The number of ether oxygens (including phenoxy) is 1. The van der Waals surface area contributed by atoms with Crippen LogP contribution in [0.25, 0.3) is 11.0 Å². The molecule has 1 N–H and O–H groups in total. The third kappa shape index (κ3) is 2.94. The Morgan fingerprint density at radius 3 is 2.95 bits per heavy atom. The molecule has 1 unspecified atom stereocenters. The monoisotopic (exact) mass is 323 g/mol. The van der Waals surface area contributed by atoms with Gasteiger partial charge >= 0.3 is 0 Å². The highest BCUT2D eigenvalue weighted by atomic mass is 32.2. The number of benzene rings is 1. The molecule has 3 rings (SSSR count). The van der Waals surface area contributed by atoms with E-state index in [1.807, 2.05) is 6.92 Å². The summed E-state index contributed by atoms with van der Waals surface area (Å²) >= 11 is 0. The number of rotatable bonds is 4. The normalized spacial score (nSPS) is 20.1. The van der Waals surface area contributed by atoms with Crippen molar-refractivity contribution in [1.29, 1.82) is 0 Å². The van der Waals surface area contributed by atoms with Crippen LogP contribution in [0.4, 0.5) is 0 Å². The van der Waals surface area contributed by atoms with Gasteiger partial charge in [-0.05, 0) is 31.5 Å². The molecule has 6 nitrogen and oxygen atoms in total. The van der Waals surface area contributed by atoms with Crippen molar-refractivity contribution in [3.8, 4) is 5.75 Å². The molecule has 0 aliphatic carbocycles. The van der Waals surface area contributed by atoms with E-state index >= 15 is 0 Å². The van der Waals surface area contributed by atoms with Gasteiger partial charge in [0.15, 0.2) is 9.84 Å². The molecule has 2 aromatic rings. The second kappa shape index (κ2) is 5.64. The maximum atomic E-state index is 12.3. The predicted molar refractivity (Wildman–Crippen MR) is 81.9 cm³/mol. The molecule has 1 aliphatic heterocycles. The van der Waals surface area contributed by atoms with E-state index in [2.05, 4.69) is 5.32 Å². The standard InChI is InChI=1S/C15H17NO5S/c1-2-20-13-7-10(8-14-12(13)3-5-21-14)15(17)16-11-4-6-22(18,19)9-11/h3,5,7-8,11H,2,4,6,9H2,1H3,(H,16,17). The van der Waals surface area contributed by atoms with Crippen molar-refractivity contribution in [3.63, 3.8) is 0 Å². The summed E-state index contributed by atoms with van der Waals surface area (Å²) < 4.78 is 33.8. The average molecular weight is 323 g/mol. The molecule has 1 aromatic heterocycles. The maximum absolute atomic E-state index is 12.3. The van der Waals surface area contributed by atoms with Crippen molar-refractivity contribution < 1.29 is 22.4 Å². The van der Waals surface area contributed by atoms with Crippen molar-refractivity contribution in [2.75, 3.05) is 18.1 Å². The fourth-order valence-corrected chi connectivity index (χ4v) is 4.30. The summed E-state index contributed by atoms with van der Waals surface area (Å²) in [5.74, 6) is 0.388. The number of amides is 1. The van der Waals surface area contributed by atoms with Crippen LogP contribution in [-0.4, -0.2) is 38.5 Å². The van der Waals surface area contributed by atoms with Crippen LogP contribution in [0.1, 0.15) is 23.7 Å². The fraction of sp³-hybridized carbons (Fsp3) is 0.400. The van der Waals surface area contributed by atoms with Crippen molar-refractivity contribution in [2.24, 2.45) is 0 Å². The first-order valence-electron chi connectivity index (χ1n) is 7.14. The Morgan fingerprint density at radius 1 is 1.45 bits per heavy atom. The fourth-order valence-electron chi connectivity index (χ4n) is 2.62. The van der Waals surface area contributed by atoms with E-state index in [-0.39, 0.29) is 23.5 Å². The second-order valence-corrected chi connectivity index (χ2v) is 7.54. The molecule has 1 aromatic carbocycles. The summed E-state index contributed by atoms with van der Waals surface area (Å²) in [4.78, 5) is 12.3. The van der Waals surface area contributed by atoms with E-state index in [0.717, 1.165) is 5.39 Å². The van der Waals surface area contributed by atoms with Crippen molar-refractivity contribution in [3.05, 3.63) is 30.0 Å². The first kappa shape index (κ1) is 14.9. The number of sulfone groups is 1. The van der Waals surface area contributed by atoms with E-state index in [1.54, 1.807) is 24.5 Å². The van der Waals surface area contributed by atoms with Crippen LogP contribution in [-0.2, 0) is 9.84 Å². The van der Waals surface area contributed by atoms with Crippen LogP contribution in [0.3, 0.4) is 0 Å². The Balaban J connectivity index is 1.84. The zero-order valence-corrected chi connectivity index (χ0v) is 13.0. The molecule has 7 heteroatoms. The van der Waals surface area contributed by atoms with Gasteiger partial charge in [-0.25, -0.2) is 8.42 Å². The number of furan rings is 1. The van der Waals surface area contributed by atoms with Crippen LogP contribution in [0.5, 0.6) is 5.75 Å². The smallest absolute Gasteiger partial charge is 0.251 e. The van der Waals surface area contributed by atoms with Crippen LogP contribution >= 0.6 is 0 Å². The molecular formula is C15H17NO5S. The molecule has 2 heterocycles. The second-order valence-electron chi connectivity index (χ2n) is 5.31. The SMILES string of the molecule is CCOc1cc(C(=O)NC2CCS(=O)(=O)C2)cc2occc12. The van der Waals surface area contributed by atoms with Crippen molar-refractivity contribution in [2.45, 2.75) is 19.4 Å². The lowest BCUT2D eigenvalue weighted by Gasteiger charge is -2.12. The molecule has 0 saturated carbocycles. The molecule has 0 spiro atoms. The average Bonchev–Trinajstić information content (AvgIpc) is 3.05.